The third-order valence-electron chi connectivity index (χ3n) is 2.24. The lowest BCUT2D eigenvalue weighted by molar-refractivity contribution is 0.0854. The van der Waals surface area contributed by atoms with Gasteiger partial charge in [-0.15, -0.1) is 0 Å². The minimum atomic E-state index is -0.384. The highest BCUT2D eigenvalue weighted by Crippen LogP contribution is 2.20. The molecule has 0 radical (unpaired) electrons. The van der Waals surface area contributed by atoms with Gasteiger partial charge in [0.2, 0.25) is 11.7 Å². The van der Waals surface area contributed by atoms with Gasteiger partial charge in [0, 0.05) is 14.2 Å². The van der Waals surface area contributed by atoms with E-state index in [4.69, 9.17) is 19.7 Å². The number of nitrogens with two attached hydrogens (primary N) is 1. The van der Waals surface area contributed by atoms with Crippen molar-refractivity contribution in [3.8, 4) is 0 Å². The van der Waals surface area contributed by atoms with Crippen LogP contribution in [0.25, 0.3) is 0 Å². The Bertz CT molecular complexity index is 303. The molecule has 1 aromatic heterocycles. The van der Waals surface area contributed by atoms with Crippen molar-refractivity contribution in [3.63, 3.8) is 0 Å². The highest BCUT2D eigenvalue weighted by molar-refractivity contribution is 4.95. The monoisotopic (exact) mass is 229 g/mol. The van der Waals surface area contributed by atoms with E-state index in [1.54, 1.807) is 14.2 Å². The molecule has 2 unspecified atom stereocenters. The number of ether oxygens (including phenoxy) is 2. The first-order valence-corrected chi connectivity index (χ1v) is 5.33. The molecule has 2 N–H and O–H groups in total. The summed E-state index contributed by atoms with van der Waals surface area (Å²) in [4.78, 5) is 4.21. The zero-order valence-electron chi connectivity index (χ0n) is 9.97. The van der Waals surface area contributed by atoms with Gasteiger partial charge in [0.1, 0.15) is 12.1 Å². The van der Waals surface area contributed by atoms with Crippen LogP contribution in [-0.2, 0) is 9.47 Å². The van der Waals surface area contributed by atoms with Gasteiger partial charge in [-0.1, -0.05) is 18.5 Å². The number of nitrogens with zero attached hydrogens (tertiary/aromatic N) is 2. The Balaban J connectivity index is 2.68. The molecule has 16 heavy (non-hydrogen) atoms. The number of hydrogen-bond donors (Lipinski definition) is 1. The van der Waals surface area contributed by atoms with Crippen LogP contribution in [0.2, 0.25) is 0 Å². The molecule has 0 aromatic carbocycles. The SMILES string of the molecule is CCCC(OC)c1noc(C(N)COC)n1. The topological polar surface area (TPSA) is 83.4 Å². The zero-order chi connectivity index (χ0) is 12.0. The van der Waals surface area contributed by atoms with Crippen LogP contribution in [0, 0.1) is 0 Å². The molecular weight excluding hydrogens is 210 g/mol. The summed E-state index contributed by atoms with van der Waals surface area (Å²) >= 11 is 0. The minimum Gasteiger partial charge on any atom is -0.383 e. The molecule has 1 rings (SSSR count). The van der Waals surface area contributed by atoms with Gasteiger partial charge in [0.25, 0.3) is 0 Å². The van der Waals surface area contributed by atoms with Crippen LogP contribution in [0.15, 0.2) is 4.52 Å². The Kier molecular flexibility index (Phi) is 5.37. The van der Waals surface area contributed by atoms with Crippen molar-refractivity contribution in [2.24, 2.45) is 5.73 Å². The Labute approximate surface area is 95.1 Å². The second kappa shape index (κ2) is 6.57. The van der Waals surface area contributed by atoms with Crippen LogP contribution < -0.4 is 5.73 Å². The normalized spacial score (nSPS) is 15.0. The standard InChI is InChI=1S/C10H19N3O3/c1-4-5-8(15-3)9-12-10(16-13-9)7(11)6-14-2/h7-8H,4-6,11H2,1-3H3. The van der Waals surface area contributed by atoms with Crippen molar-refractivity contribution in [1.82, 2.24) is 10.1 Å². The molecular formula is C10H19N3O3. The van der Waals surface area contributed by atoms with E-state index in [0.29, 0.717) is 18.3 Å². The fourth-order valence-corrected chi connectivity index (χ4v) is 1.39. The summed E-state index contributed by atoms with van der Waals surface area (Å²) in [7, 11) is 3.21. The molecule has 0 saturated heterocycles. The molecule has 0 bridgehead atoms. The van der Waals surface area contributed by atoms with Crippen molar-refractivity contribution in [2.45, 2.75) is 31.9 Å². The van der Waals surface area contributed by atoms with E-state index < -0.39 is 0 Å². The maximum Gasteiger partial charge on any atom is 0.246 e. The highest BCUT2D eigenvalue weighted by atomic mass is 16.5. The molecule has 92 valence electrons. The molecule has 0 spiro atoms. The first-order valence-electron chi connectivity index (χ1n) is 5.33. The molecule has 6 nitrogen and oxygen atoms in total. The first kappa shape index (κ1) is 13.1. The van der Waals surface area contributed by atoms with Gasteiger partial charge < -0.3 is 19.7 Å². The molecule has 2 atom stereocenters. The largest absolute Gasteiger partial charge is 0.383 e. The van der Waals surface area contributed by atoms with Crippen LogP contribution >= 0.6 is 0 Å². The van der Waals surface area contributed by atoms with Gasteiger partial charge >= 0.3 is 0 Å². The predicted octanol–water partition coefficient (Wildman–Crippen LogP) is 1.20. The maximum absolute atomic E-state index is 5.77. The van der Waals surface area contributed by atoms with E-state index in [0.717, 1.165) is 12.8 Å². The van der Waals surface area contributed by atoms with Gasteiger partial charge in [-0.25, -0.2) is 0 Å². The number of aromatic nitrogens is 2. The summed E-state index contributed by atoms with van der Waals surface area (Å²) in [5.41, 5.74) is 5.77. The van der Waals surface area contributed by atoms with E-state index in [1.165, 1.54) is 0 Å². The smallest absolute Gasteiger partial charge is 0.246 e. The van der Waals surface area contributed by atoms with E-state index in [9.17, 15) is 0 Å². The van der Waals surface area contributed by atoms with Gasteiger partial charge in [-0.2, -0.15) is 4.98 Å². The highest BCUT2D eigenvalue weighted by Gasteiger charge is 2.20. The third kappa shape index (κ3) is 3.26. The van der Waals surface area contributed by atoms with E-state index in [1.807, 2.05) is 0 Å². The van der Waals surface area contributed by atoms with Crippen molar-refractivity contribution in [3.05, 3.63) is 11.7 Å². The summed E-state index contributed by atoms with van der Waals surface area (Å²) in [6, 6.07) is -0.384. The minimum absolute atomic E-state index is 0.128. The average molecular weight is 229 g/mol. The Morgan fingerprint density at radius 3 is 2.75 bits per heavy atom. The fraction of sp³-hybridized carbons (Fsp3) is 0.800. The Morgan fingerprint density at radius 2 is 2.19 bits per heavy atom. The van der Waals surface area contributed by atoms with Crippen molar-refractivity contribution < 1.29 is 14.0 Å². The Morgan fingerprint density at radius 1 is 1.44 bits per heavy atom. The number of rotatable bonds is 7. The summed E-state index contributed by atoms with van der Waals surface area (Å²) in [5.74, 6) is 0.931. The summed E-state index contributed by atoms with van der Waals surface area (Å²) < 4.78 is 15.3. The van der Waals surface area contributed by atoms with Gasteiger partial charge in [-0.05, 0) is 6.42 Å². The van der Waals surface area contributed by atoms with E-state index in [2.05, 4.69) is 17.1 Å². The molecule has 0 amide bonds. The quantitative estimate of drug-likeness (QED) is 0.756. The van der Waals surface area contributed by atoms with Crippen molar-refractivity contribution in [1.29, 1.82) is 0 Å². The summed E-state index contributed by atoms with van der Waals surface area (Å²) in [6.45, 7) is 2.43. The average Bonchev–Trinajstić information content (AvgIpc) is 2.75. The van der Waals surface area contributed by atoms with Crippen LogP contribution in [0.4, 0.5) is 0 Å². The summed E-state index contributed by atoms with van der Waals surface area (Å²) in [6.07, 6.45) is 1.72. The fourth-order valence-electron chi connectivity index (χ4n) is 1.39. The lowest BCUT2D eigenvalue weighted by Gasteiger charge is -2.08. The van der Waals surface area contributed by atoms with Gasteiger partial charge in [0.15, 0.2) is 0 Å². The molecule has 0 fully saturated rings. The first-order chi connectivity index (χ1) is 7.72. The second-order valence-corrected chi connectivity index (χ2v) is 3.57. The summed E-state index contributed by atoms with van der Waals surface area (Å²) in [5, 5.41) is 3.86. The molecule has 1 heterocycles. The molecule has 0 aliphatic heterocycles. The Hall–Kier alpha value is -0.980. The van der Waals surface area contributed by atoms with Crippen molar-refractivity contribution in [2.75, 3.05) is 20.8 Å². The third-order valence-corrected chi connectivity index (χ3v) is 2.24. The molecule has 6 heteroatoms. The van der Waals surface area contributed by atoms with Gasteiger partial charge in [-0.3, -0.25) is 0 Å². The number of hydrogen-bond acceptors (Lipinski definition) is 6. The van der Waals surface area contributed by atoms with E-state index in [-0.39, 0.29) is 12.1 Å². The van der Waals surface area contributed by atoms with Crippen LogP contribution in [-0.4, -0.2) is 31.0 Å². The molecule has 0 aliphatic carbocycles. The van der Waals surface area contributed by atoms with Crippen LogP contribution in [0.1, 0.15) is 43.6 Å². The second-order valence-electron chi connectivity index (χ2n) is 3.57. The number of methoxy groups -OCH3 is 2. The maximum atomic E-state index is 5.77. The lowest BCUT2D eigenvalue weighted by Crippen LogP contribution is -2.16. The van der Waals surface area contributed by atoms with E-state index >= 15 is 0 Å². The predicted molar refractivity (Wildman–Crippen MR) is 57.8 cm³/mol. The van der Waals surface area contributed by atoms with Crippen LogP contribution in [0.3, 0.4) is 0 Å². The molecule has 0 saturated carbocycles. The lowest BCUT2D eigenvalue weighted by atomic mass is 10.2. The molecule has 1 aromatic rings. The van der Waals surface area contributed by atoms with Crippen molar-refractivity contribution >= 4 is 0 Å². The molecule has 0 aliphatic rings. The van der Waals surface area contributed by atoms with Gasteiger partial charge in [0.05, 0.1) is 6.61 Å². The zero-order valence-corrected chi connectivity index (χ0v) is 9.97. The van der Waals surface area contributed by atoms with Crippen LogP contribution in [0.5, 0.6) is 0 Å².